The number of nitrogen functional groups attached to an aromatic ring is 1. The van der Waals surface area contributed by atoms with Crippen LogP contribution in [0.2, 0.25) is 0 Å². The standard InChI is InChI=1S/C16H16F3N3O/c1-10(11-3-2-4-12(7-11)16(17,18)19)22-15(23)8-14-6-5-13(20)9-21-14/h2-7,9-10H,8,20H2,1H3,(H,22,23). The average molecular weight is 323 g/mol. The molecule has 1 amide bonds. The molecule has 0 bridgehead atoms. The summed E-state index contributed by atoms with van der Waals surface area (Å²) in [6, 6.07) is 7.61. The number of anilines is 1. The Bertz CT molecular complexity index is 684. The van der Waals surface area contributed by atoms with Crippen LogP contribution in [0.15, 0.2) is 42.6 Å². The van der Waals surface area contributed by atoms with E-state index >= 15 is 0 Å². The molecule has 0 radical (unpaired) electrons. The highest BCUT2D eigenvalue weighted by Gasteiger charge is 2.30. The summed E-state index contributed by atoms with van der Waals surface area (Å²) < 4.78 is 38.1. The Morgan fingerprint density at radius 2 is 2.04 bits per heavy atom. The van der Waals surface area contributed by atoms with Gasteiger partial charge < -0.3 is 11.1 Å². The number of alkyl halides is 3. The molecular formula is C16H16F3N3O. The molecule has 4 nitrogen and oxygen atoms in total. The van der Waals surface area contributed by atoms with Crippen molar-refractivity contribution in [2.75, 3.05) is 5.73 Å². The lowest BCUT2D eigenvalue weighted by Gasteiger charge is -2.16. The molecule has 1 heterocycles. The summed E-state index contributed by atoms with van der Waals surface area (Å²) in [5, 5.41) is 2.66. The summed E-state index contributed by atoms with van der Waals surface area (Å²) in [5.41, 5.74) is 6.18. The number of carbonyl (C=O) groups excluding carboxylic acids is 1. The molecule has 122 valence electrons. The van der Waals surface area contributed by atoms with Gasteiger partial charge in [-0.15, -0.1) is 0 Å². The SMILES string of the molecule is CC(NC(=O)Cc1ccc(N)cn1)c1cccc(C(F)(F)F)c1. The molecule has 1 atom stereocenters. The van der Waals surface area contributed by atoms with Crippen molar-refractivity contribution in [3.8, 4) is 0 Å². The van der Waals surface area contributed by atoms with Gasteiger partial charge in [0.1, 0.15) is 0 Å². The van der Waals surface area contributed by atoms with Crippen LogP contribution in [0.5, 0.6) is 0 Å². The van der Waals surface area contributed by atoms with Crippen LogP contribution in [0, 0.1) is 0 Å². The molecule has 23 heavy (non-hydrogen) atoms. The van der Waals surface area contributed by atoms with E-state index < -0.39 is 17.8 Å². The molecule has 0 spiro atoms. The third-order valence-corrected chi connectivity index (χ3v) is 3.28. The summed E-state index contributed by atoms with van der Waals surface area (Å²) in [6.45, 7) is 1.63. The average Bonchev–Trinajstić information content (AvgIpc) is 2.49. The first kappa shape index (κ1) is 16.8. The van der Waals surface area contributed by atoms with Gasteiger partial charge in [-0.25, -0.2) is 0 Å². The second-order valence-electron chi connectivity index (χ2n) is 5.17. The number of rotatable bonds is 4. The zero-order valence-corrected chi connectivity index (χ0v) is 12.4. The summed E-state index contributed by atoms with van der Waals surface area (Å²) in [4.78, 5) is 16.0. The number of benzene rings is 1. The minimum absolute atomic E-state index is 0.0313. The summed E-state index contributed by atoms with van der Waals surface area (Å²) in [5.74, 6) is -0.327. The van der Waals surface area contributed by atoms with Crippen LogP contribution in [0.4, 0.5) is 18.9 Å². The summed E-state index contributed by atoms with van der Waals surface area (Å²) >= 11 is 0. The molecule has 1 unspecified atom stereocenters. The van der Waals surface area contributed by atoms with Crippen molar-refractivity contribution in [2.45, 2.75) is 25.6 Å². The predicted molar refractivity (Wildman–Crippen MR) is 80.4 cm³/mol. The first-order valence-corrected chi connectivity index (χ1v) is 6.92. The zero-order valence-electron chi connectivity index (χ0n) is 12.4. The smallest absolute Gasteiger partial charge is 0.397 e. The third kappa shape index (κ3) is 4.70. The van der Waals surface area contributed by atoms with Crippen LogP contribution in [-0.2, 0) is 17.4 Å². The van der Waals surface area contributed by atoms with Gasteiger partial charge in [-0.3, -0.25) is 9.78 Å². The molecule has 2 rings (SSSR count). The normalized spacial score (nSPS) is 12.7. The van der Waals surface area contributed by atoms with E-state index in [1.807, 2.05) is 0 Å². The van der Waals surface area contributed by atoms with E-state index in [0.717, 1.165) is 12.1 Å². The van der Waals surface area contributed by atoms with Gasteiger partial charge in [0.05, 0.1) is 29.9 Å². The molecule has 2 aromatic rings. The van der Waals surface area contributed by atoms with Crippen LogP contribution >= 0.6 is 0 Å². The summed E-state index contributed by atoms with van der Waals surface area (Å²) in [6.07, 6.45) is -2.93. The molecule has 0 aliphatic carbocycles. The van der Waals surface area contributed by atoms with Crippen LogP contribution < -0.4 is 11.1 Å². The van der Waals surface area contributed by atoms with Crippen LogP contribution in [-0.4, -0.2) is 10.9 Å². The Labute approximate surface area is 131 Å². The fourth-order valence-electron chi connectivity index (χ4n) is 2.07. The number of carbonyl (C=O) groups is 1. The van der Waals surface area contributed by atoms with E-state index in [1.54, 1.807) is 25.1 Å². The van der Waals surface area contributed by atoms with Gasteiger partial charge in [0.15, 0.2) is 0 Å². The van der Waals surface area contributed by atoms with Gasteiger partial charge >= 0.3 is 6.18 Å². The Morgan fingerprint density at radius 1 is 1.30 bits per heavy atom. The Hall–Kier alpha value is -2.57. The molecule has 0 fully saturated rings. The highest BCUT2D eigenvalue weighted by atomic mass is 19.4. The number of nitrogens with zero attached hydrogens (tertiary/aromatic N) is 1. The topological polar surface area (TPSA) is 68.0 Å². The number of nitrogens with one attached hydrogen (secondary N) is 1. The highest BCUT2D eigenvalue weighted by molar-refractivity contribution is 5.78. The Morgan fingerprint density at radius 3 is 2.65 bits per heavy atom. The minimum atomic E-state index is -4.41. The third-order valence-electron chi connectivity index (χ3n) is 3.28. The highest BCUT2D eigenvalue weighted by Crippen LogP contribution is 2.30. The molecule has 1 aromatic carbocycles. The monoisotopic (exact) mass is 323 g/mol. The molecule has 1 aromatic heterocycles. The quantitative estimate of drug-likeness (QED) is 0.908. The van der Waals surface area contributed by atoms with Crippen LogP contribution in [0.3, 0.4) is 0 Å². The van der Waals surface area contributed by atoms with Gasteiger partial charge in [-0.1, -0.05) is 12.1 Å². The number of hydrogen-bond acceptors (Lipinski definition) is 3. The maximum Gasteiger partial charge on any atom is 0.416 e. The minimum Gasteiger partial charge on any atom is -0.397 e. The first-order valence-electron chi connectivity index (χ1n) is 6.92. The molecule has 0 saturated carbocycles. The van der Waals surface area contributed by atoms with Gasteiger partial charge in [0, 0.05) is 5.69 Å². The molecular weight excluding hydrogens is 307 g/mol. The van der Waals surface area contributed by atoms with E-state index in [1.165, 1.54) is 12.3 Å². The van der Waals surface area contributed by atoms with Gasteiger partial charge in [-0.05, 0) is 36.8 Å². The second-order valence-corrected chi connectivity index (χ2v) is 5.17. The van der Waals surface area contributed by atoms with Crippen molar-refractivity contribution < 1.29 is 18.0 Å². The van der Waals surface area contributed by atoms with E-state index in [9.17, 15) is 18.0 Å². The Balaban J connectivity index is 2.02. The zero-order chi connectivity index (χ0) is 17.0. The van der Waals surface area contributed by atoms with Crippen molar-refractivity contribution in [3.05, 3.63) is 59.4 Å². The summed E-state index contributed by atoms with van der Waals surface area (Å²) in [7, 11) is 0. The molecule has 0 aliphatic rings. The van der Waals surface area contributed by atoms with E-state index in [0.29, 0.717) is 16.9 Å². The maximum absolute atomic E-state index is 12.7. The maximum atomic E-state index is 12.7. The van der Waals surface area contributed by atoms with Crippen LogP contribution in [0.25, 0.3) is 0 Å². The van der Waals surface area contributed by atoms with Crippen molar-refractivity contribution in [2.24, 2.45) is 0 Å². The fraction of sp³-hybridized carbons (Fsp3) is 0.250. The lowest BCUT2D eigenvalue weighted by atomic mass is 10.0. The first-order chi connectivity index (χ1) is 10.8. The van der Waals surface area contributed by atoms with Crippen molar-refractivity contribution >= 4 is 11.6 Å². The Kier molecular flexibility index (Phi) is 4.88. The fourth-order valence-corrected chi connectivity index (χ4v) is 2.07. The van der Waals surface area contributed by atoms with Crippen LogP contribution in [0.1, 0.15) is 29.8 Å². The van der Waals surface area contributed by atoms with Gasteiger partial charge in [0.2, 0.25) is 5.91 Å². The lowest BCUT2D eigenvalue weighted by Crippen LogP contribution is -2.28. The largest absolute Gasteiger partial charge is 0.416 e. The van der Waals surface area contributed by atoms with Gasteiger partial charge in [0.25, 0.3) is 0 Å². The number of nitrogens with two attached hydrogens (primary N) is 1. The van der Waals surface area contributed by atoms with Gasteiger partial charge in [-0.2, -0.15) is 13.2 Å². The van der Waals surface area contributed by atoms with Crippen molar-refractivity contribution in [1.82, 2.24) is 10.3 Å². The van der Waals surface area contributed by atoms with E-state index in [-0.39, 0.29) is 12.3 Å². The van der Waals surface area contributed by atoms with E-state index in [2.05, 4.69) is 10.3 Å². The molecule has 7 heteroatoms. The molecule has 0 saturated heterocycles. The number of halogens is 3. The second kappa shape index (κ2) is 6.68. The number of hydrogen-bond donors (Lipinski definition) is 2. The van der Waals surface area contributed by atoms with Crippen molar-refractivity contribution in [3.63, 3.8) is 0 Å². The predicted octanol–water partition coefficient (Wildman–Crippen LogP) is 3.10. The lowest BCUT2D eigenvalue weighted by molar-refractivity contribution is -0.137. The number of aromatic nitrogens is 1. The van der Waals surface area contributed by atoms with E-state index in [4.69, 9.17) is 5.73 Å². The molecule has 3 N–H and O–H groups in total. The number of amides is 1. The molecule has 0 aliphatic heterocycles. The number of pyridine rings is 1. The van der Waals surface area contributed by atoms with Crippen molar-refractivity contribution in [1.29, 1.82) is 0 Å².